The molecule has 3 rings (SSSR count). The van der Waals surface area contributed by atoms with Crippen molar-refractivity contribution in [1.29, 1.82) is 0 Å². The lowest BCUT2D eigenvalue weighted by atomic mass is 10.2. The van der Waals surface area contributed by atoms with Gasteiger partial charge < -0.3 is 29.4 Å². The molecule has 12 heteroatoms. The fraction of sp³-hybridized carbons (Fsp3) is 0.214. The molecule has 0 amide bonds. The van der Waals surface area contributed by atoms with Crippen molar-refractivity contribution < 1.29 is 27.6 Å². The predicted octanol–water partition coefficient (Wildman–Crippen LogP) is -0.0496. The number of para-hydroxylation sites is 1. The summed E-state index contributed by atoms with van der Waals surface area (Å²) in [5.74, 6) is 0.517. The van der Waals surface area contributed by atoms with Crippen molar-refractivity contribution in [3.05, 3.63) is 36.2 Å². The van der Waals surface area contributed by atoms with Gasteiger partial charge in [0.25, 0.3) is 0 Å². The van der Waals surface area contributed by atoms with Crippen LogP contribution in [0, 0.1) is 0 Å². The van der Waals surface area contributed by atoms with Gasteiger partial charge in [-0.25, -0.2) is 4.98 Å². The summed E-state index contributed by atoms with van der Waals surface area (Å²) >= 11 is 0. The first-order chi connectivity index (χ1) is 12.3. The fourth-order valence-corrected chi connectivity index (χ4v) is 2.52. The number of nitrogens with zero attached hydrogens (tertiary/aromatic N) is 3. The number of hydrogen-bond acceptors (Lipinski definition) is 10. The van der Waals surface area contributed by atoms with Gasteiger partial charge in [0.05, 0.1) is 12.6 Å². The minimum absolute atomic E-state index is 0.187. The highest BCUT2D eigenvalue weighted by atomic mass is 32.2. The number of anilines is 1. The largest absolute Gasteiger partial charge is 0.441 e. The van der Waals surface area contributed by atoms with Gasteiger partial charge in [-0.15, -0.1) is 0 Å². The Hall–Kier alpha value is -2.96. The van der Waals surface area contributed by atoms with Gasteiger partial charge in [0, 0.05) is 12.1 Å². The Morgan fingerprint density at radius 2 is 2.04 bits per heavy atom. The zero-order valence-electron chi connectivity index (χ0n) is 13.4. The molecule has 2 aromatic heterocycles. The van der Waals surface area contributed by atoms with E-state index in [0.717, 1.165) is 6.26 Å². The average Bonchev–Trinajstić information content (AvgIpc) is 3.00. The summed E-state index contributed by atoms with van der Waals surface area (Å²) in [7, 11) is -3.80. The van der Waals surface area contributed by atoms with Crippen molar-refractivity contribution in [1.82, 2.24) is 19.9 Å². The van der Waals surface area contributed by atoms with Crippen LogP contribution in [-0.2, 0) is 16.7 Å². The van der Waals surface area contributed by atoms with Crippen LogP contribution in [0.3, 0.4) is 0 Å². The van der Waals surface area contributed by atoms with Crippen LogP contribution in [0.2, 0.25) is 0 Å². The third-order valence-corrected chi connectivity index (χ3v) is 3.59. The highest BCUT2D eigenvalue weighted by molar-refractivity contribution is 7.86. The summed E-state index contributed by atoms with van der Waals surface area (Å²) in [5.41, 5.74) is 1.28. The lowest BCUT2D eigenvalue weighted by molar-refractivity contribution is -0.179. The minimum Gasteiger partial charge on any atom is -0.441 e. The van der Waals surface area contributed by atoms with Gasteiger partial charge >= 0.3 is 22.6 Å². The molecule has 0 fully saturated rings. The van der Waals surface area contributed by atoms with Crippen LogP contribution in [0.25, 0.3) is 11.2 Å². The number of rotatable bonds is 7. The monoisotopic (exact) mass is 381 g/mol. The summed E-state index contributed by atoms with van der Waals surface area (Å²) in [4.78, 5) is 14.8. The number of ether oxygens (including phenoxy) is 1. The molecular formula is C14H15N5O6S. The second kappa shape index (κ2) is 7.11. The number of imidazole rings is 1. The van der Waals surface area contributed by atoms with Crippen LogP contribution in [0.15, 0.2) is 30.6 Å². The number of hydrogen-bond donors (Lipinski definition) is 4. The molecule has 4 N–H and O–H groups in total. The maximum absolute atomic E-state index is 11.3. The molecule has 0 unspecified atom stereocenters. The first-order valence-corrected chi connectivity index (χ1v) is 9.08. The molecular weight excluding hydrogens is 366 g/mol. The zero-order chi connectivity index (χ0) is 18.7. The standard InChI is InChI=1S/C14H15N5O6S/c1-26(22,23)25-13-18-11(10-12(19-13)17-7-16-10)15-6-8-4-2-3-5-9(8)24-14(20)21/h2-5,7,14,20-21H,6H2,1H3,(H2,15,16,17,18,19). The number of H-pyrrole nitrogens is 1. The quantitative estimate of drug-likeness (QED) is 0.323. The van der Waals surface area contributed by atoms with E-state index in [2.05, 4.69) is 25.3 Å². The Bertz CT molecular complexity index is 1020. The first-order valence-electron chi connectivity index (χ1n) is 7.27. The third kappa shape index (κ3) is 4.36. The summed E-state index contributed by atoms with van der Waals surface area (Å²) in [6.07, 6.45) is 2.26. The lowest BCUT2D eigenvalue weighted by Crippen LogP contribution is -2.15. The second-order valence-corrected chi connectivity index (χ2v) is 6.72. The molecule has 2 heterocycles. The molecule has 1 aromatic carbocycles. The number of nitrogens with one attached hydrogen (secondary N) is 2. The number of aliphatic hydroxyl groups is 2. The number of aromatic amines is 1. The Kier molecular flexibility index (Phi) is 4.88. The molecule has 0 saturated heterocycles. The van der Waals surface area contributed by atoms with Gasteiger partial charge in [-0.3, -0.25) is 0 Å². The molecule has 138 valence electrons. The van der Waals surface area contributed by atoms with Crippen LogP contribution in [0.1, 0.15) is 5.56 Å². The van der Waals surface area contributed by atoms with E-state index < -0.39 is 16.6 Å². The number of aromatic nitrogens is 4. The van der Waals surface area contributed by atoms with E-state index in [1.807, 2.05) is 0 Å². The van der Waals surface area contributed by atoms with E-state index >= 15 is 0 Å². The van der Waals surface area contributed by atoms with Crippen molar-refractivity contribution >= 4 is 27.1 Å². The number of aliphatic hydroxyl groups excluding tert-OH is 1. The second-order valence-electron chi connectivity index (χ2n) is 5.15. The van der Waals surface area contributed by atoms with Crippen molar-refractivity contribution in [2.75, 3.05) is 11.6 Å². The summed E-state index contributed by atoms with van der Waals surface area (Å²) < 4.78 is 32.2. The van der Waals surface area contributed by atoms with Crippen molar-refractivity contribution in [2.45, 2.75) is 13.0 Å². The average molecular weight is 381 g/mol. The maximum atomic E-state index is 11.3. The van der Waals surface area contributed by atoms with Crippen LogP contribution in [-0.4, -0.2) is 51.3 Å². The molecule has 26 heavy (non-hydrogen) atoms. The minimum atomic E-state index is -3.80. The molecule has 0 bridgehead atoms. The van der Waals surface area contributed by atoms with E-state index in [1.54, 1.807) is 24.3 Å². The van der Waals surface area contributed by atoms with Crippen LogP contribution >= 0.6 is 0 Å². The predicted molar refractivity (Wildman–Crippen MR) is 89.8 cm³/mol. The summed E-state index contributed by atoms with van der Waals surface area (Å²) in [5, 5.41) is 20.9. The maximum Gasteiger partial charge on any atom is 0.337 e. The molecule has 0 radical (unpaired) electrons. The van der Waals surface area contributed by atoms with E-state index in [0.29, 0.717) is 11.1 Å². The topological polar surface area (TPSA) is 160 Å². The summed E-state index contributed by atoms with van der Waals surface area (Å²) in [6.45, 7) is -1.77. The Morgan fingerprint density at radius 3 is 2.77 bits per heavy atom. The van der Waals surface area contributed by atoms with Gasteiger partial charge in [0.2, 0.25) is 0 Å². The van der Waals surface area contributed by atoms with Gasteiger partial charge in [-0.05, 0) is 6.07 Å². The van der Waals surface area contributed by atoms with Crippen molar-refractivity contribution in [3.8, 4) is 11.8 Å². The zero-order valence-corrected chi connectivity index (χ0v) is 14.3. The van der Waals surface area contributed by atoms with E-state index in [1.165, 1.54) is 6.33 Å². The molecule has 0 aliphatic rings. The van der Waals surface area contributed by atoms with Gasteiger partial charge in [0.1, 0.15) is 11.3 Å². The Balaban J connectivity index is 1.88. The molecule has 0 saturated carbocycles. The first kappa shape index (κ1) is 17.8. The van der Waals surface area contributed by atoms with E-state index in [-0.39, 0.29) is 29.8 Å². The SMILES string of the molecule is CS(=O)(=O)Oc1nc(NCc2ccccc2OC(O)O)c2[nH]cnc2n1. The molecule has 0 aliphatic carbocycles. The van der Waals surface area contributed by atoms with Crippen LogP contribution < -0.4 is 14.2 Å². The van der Waals surface area contributed by atoms with Crippen LogP contribution in [0.4, 0.5) is 5.82 Å². The van der Waals surface area contributed by atoms with Crippen LogP contribution in [0.5, 0.6) is 11.8 Å². The normalized spacial score (nSPS) is 11.7. The number of benzene rings is 1. The fourth-order valence-electron chi connectivity index (χ4n) is 2.17. The third-order valence-electron chi connectivity index (χ3n) is 3.14. The van der Waals surface area contributed by atoms with E-state index in [4.69, 9.17) is 19.1 Å². The molecule has 11 nitrogen and oxygen atoms in total. The molecule has 3 aromatic rings. The van der Waals surface area contributed by atoms with Crippen molar-refractivity contribution in [2.24, 2.45) is 0 Å². The van der Waals surface area contributed by atoms with E-state index in [9.17, 15) is 8.42 Å². The summed E-state index contributed by atoms with van der Waals surface area (Å²) in [6, 6.07) is 6.34. The smallest absolute Gasteiger partial charge is 0.337 e. The molecule has 0 spiro atoms. The van der Waals surface area contributed by atoms with Gasteiger partial charge in [-0.2, -0.15) is 18.4 Å². The molecule has 0 aliphatic heterocycles. The highest BCUT2D eigenvalue weighted by Crippen LogP contribution is 2.23. The van der Waals surface area contributed by atoms with Gasteiger partial charge in [0.15, 0.2) is 11.5 Å². The Labute approximate surface area is 147 Å². The van der Waals surface area contributed by atoms with Crippen molar-refractivity contribution in [3.63, 3.8) is 0 Å². The lowest BCUT2D eigenvalue weighted by Gasteiger charge is -2.13. The molecule has 0 atom stereocenters. The number of fused-ring (bicyclic) bond motifs is 1. The van der Waals surface area contributed by atoms with Gasteiger partial charge in [-0.1, -0.05) is 18.2 Å². The Morgan fingerprint density at radius 1 is 1.27 bits per heavy atom. The highest BCUT2D eigenvalue weighted by Gasteiger charge is 2.15.